The molecule has 0 bridgehead atoms. The summed E-state index contributed by atoms with van der Waals surface area (Å²) < 4.78 is 18.2. The summed E-state index contributed by atoms with van der Waals surface area (Å²) in [5.41, 5.74) is 0.598. The fourth-order valence-electron chi connectivity index (χ4n) is 2.27. The Balaban J connectivity index is 1.87. The monoisotopic (exact) mass is 275 g/mol. The molecule has 3 nitrogen and oxygen atoms in total. The number of carbonyl (C=O) groups is 1. The van der Waals surface area contributed by atoms with E-state index in [2.05, 4.69) is 6.58 Å². The number of hydrogen-bond donors (Lipinski definition) is 0. The summed E-state index contributed by atoms with van der Waals surface area (Å²) in [5, 5.41) is 0. The van der Waals surface area contributed by atoms with Crippen molar-refractivity contribution in [2.75, 3.05) is 13.1 Å². The van der Waals surface area contributed by atoms with Crippen LogP contribution >= 0.6 is 0 Å². The van der Waals surface area contributed by atoms with E-state index in [0.29, 0.717) is 24.6 Å². The van der Waals surface area contributed by atoms with Crippen molar-refractivity contribution < 1.29 is 13.9 Å². The van der Waals surface area contributed by atoms with Crippen LogP contribution in [0.5, 0.6) is 0 Å². The zero-order valence-electron chi connectivity index (χ0n) is 11.3. The zero-order valence-corrected chi connectivity index (χ0v) is 11.3. The number of piperidine rings is 1. The molecule has 1 fully saturated rings. The topological polar surface area (TPSA) is 29.5 Å². The van der Waals surface area contributed by atoms with Crippen molar-refractivity contribution in [1.29, 1.82) is 0 Å². The molecule has 0 unspecified atom stereocenters. The van der Waals surface area contributed by atoms with E-state index in [1.54, 1.807) is 17.0 Å². The average molecular weight is 275 g/mol. The Bertz CT molecular complexity index is 505. The first-order valence-electron chi connectivity index (χ1n) is 6.70. The molecule has 106 valence electrons. The van der Waals surface area contributed by atoms with Gasteiger partial charge in [-0.25, -0.2) is 9.18 Å². The van der Waals surface area contributed by atoms with Crippen molar-refractivity contribution in [1.82, 2.24) is 4.90 Å². The molecule has 0 saturated carbocycles. The van der Waals surface area contributed by atoms with Gasteiger partial charge in [-0.3, -0.25) is 0 Å². The molecule has 1 heterocycles. The number of carbonyl (C=O) groups excluding carboxylic acids is 1. The highest BCUT2D eigenvalue weighted by molar-refractivity contribution is 5.68. The highest BCUT2D eigenvalue weighted by Gasteiger charge is 2.21. The lowest BCUT2D eigenvalue weighted by molar-refractivity contribution is 0.122. The molecule has 0 radical (unpaired) electrons. The van der Waals surface area contributed by atoms with E-state index < -0.39 is 0 Å². The minimum atomic E-state index is -0.350. The molecule has 0 spiro atoms. The Morgan fingerprint density at radius 1 is 1.35 bits per heavy atom. The van der Waals surface area contributed by atoms with Crippen molar-refractivity contribution in [3.8, 4) is 0 Å². The number of likely N-dealkylation sites (tertiary alicyclic amines) is 1. The highest BCUT2D eigenvalue weighted by Crippen LogP contribution is 2.20. The molecule has 1 aromatic rings. The molecule has 1 aromatic carbocycles. The Kier molecular flexibility index (Phi) is 4.93. The van der Waals surface area contributed by atoms with Gasteiger partial charge >= 0.3 is 6.09 Å². The maximum Gasteiger partial charge on any atom is 0.414 e. The SMILES string of the molecule is C=COC(=O)N1CCC(/C=C/c2ccccc2F)CC1. The van der Waals surface area contributed by atoms with Gasteiger partial charge in [0.25, 0.3) is 0 Å². The summed E-state index contributed by atoms with van der Waals surface area (Å²) in [6.07, 6.45) is 6.35. The fraction of sp³-hybridized carbons (Fsp3) is 0.312. The quantitative estimate of drug-likeness (QED) is 0.785. The van der Waals surface area contributed by atoms with Crippen molar-refractivity contribution in [3.63, 3.8) is 0 Å². The maximum absolute atomic E-state index is 13.5. The molecule has 1 aliphatic rings. The molecular formula is C16H18FNO2. The van der Waals surface area contributed by atoms with Crippen LogP contribution in [0.2, 0.25) is 0 Å². The average Bonchev–Trinajstić information content (AvgIpc) is 2.47. The Labute approximate surface area is 118 Å². The predicted octanol–water partition coefficient (Wildman–Crippen LogP) is 3.83. The van der Waals surface area contributed by atoms with Crippen molar-refractivity contribution in [3.05, 3.63) is 54.6 Å². The maximum atomic E-state index is 13.5. The molecule has 0 atom stereocenters. The molecule has 0 aliphatic carbocycles. The summed E-state index contributed by atoms with van der Waals surface area (Å²) in [5.74, 6) is 0.151. The molecular weight excluding hydrogens is 257 g/mol. The third-order valence-electron chi connectivity index (χ3n) is 3.44. The number of amides is 1. The number of hydrogen-bond acceptors (Lipinski definition) is 2. The Morgan fingerprint density at radius 3 is 2.70 bits per heavy atom. The lowest BCUT2D eigenvalue weighted by Crippen LogP contribution is -2.37. The summed E-state index contributed by atoms with van der Waals surface area (Å²) in [4.78, 5) is 13.2. The van der Waals surface area contributed by atoms with Gasteiger partial charge in [0.05, 0.1) is 6.26 Å². The number of allylic oxidation sites excluding steroid dienone is 1. The number of benzene rings is 1. The van der Waals surface area contributed by atoms with E-state index in [0.717, 1.165) is 19.1 Å². The van der Waals surface area contributed by atoms with Crippen LogP contribution in [0.4, 0.5) is 9.18 Å². The van der Waals surface area contributed by atoms with Crippen LogP contribution in [0.1, 0.15) is 18.4 Å². The van der Waals surface area contributed by atoms with Crippen LogP contribution in [0.25, 0.3) is 6.08 Å². The highest BCUT2D eigenvalue weighted by atomic mass is 19.1. The summed E-state index contributed by atoms with van der Waals surface area (Å²) in [6, 6.07) is 6.70. The number of ether oxygens (including phenoxy) is 1. The molecule has 0 aromatic heterocycles. The molecule has 1 aliphatic heterocycles. The summed E-state index contributed by atoms with van der Waals surface area (Å²) >= 11 is 0. The van der Waals surface area contributed by atoms with Crippen molar-refractivity contribution in [2.45, 2.75) is 12.8 Å². The van der Waals surface area contributed by atoms with Gasteiger partial charge in [-0.05, 0) is 24.8 Å². The van der Waals surface area contributed by atoms with Crippen LogP contribution in [-0.4, -0.2) is 24.1 Å². The van der Waals surface area contributed by atoms with Gasteiger partial charge in [-0.2, -0.15) is 0 Å². The van der Waals surface area contributed by atoms with Gasteiger partial charge in [-0.15, -0.1) is 0 Å². The van der Waals surface area contributed by atoms with Crippen LogP contribution < -0.4 is 0 Å². The summed E-state index contributed by atoms with van der Waals surface area (Å²) in [6.45, 7) is 4.67. The predicted molar refractivity (Wildman–Crippen MR) is 76.4 cm³/mol. The normalized spacial score (nSPS) is 16.4. The van der Waals surface area contributed by atoms with Crippen LogP contribution in [0.3, 0.4) is 0 Å². The second kappa shape index (κ2) is 6.89. The first-order chi connectivity index (χ1) is 9.70. The molecule has 4 heteroatoms. The molecule has 0 N–H and O–H groups in total. The van der Waals surface area contributed by atoms with Gasteiger partial charge < -0.3 is 9.64 Å². The Hall–Kier alpha value is -2.10. The smallest absolute Gasteiger partial charge is 0.414 e. The lowest BCUT2D eigenvalue weighted by Gasteiger charge is -2.29. The second-order valence-electron chi connectivity index (χ2n) is 4.76. The molecule has 20 heavy (non-hydrogen) atoms. The van der Waals surface area contributed by atoms with Crippen LogP contribution in [-0.2, 0) is 4.74 Å². The minimum absolute atomic E-state index is 0.212. The first-order valence-corrected chi connectivity index (χ1v) is 6.70. The minimum Gasteiger partial charge on any atom is -0.419 e. The van der Waals surface area contributed by atoms with Gasteiger partial charge in [-0.1, -0.05) is 36.9 Å². The van der Waals surface area contributed by atoms with E-state index in [4.69, 9.17) is 4.74 Å². The number of nitrogens with zero attached hydrogens (tertiary/aromatic N) is 1. The largest absolute Gasteiger partial charge is 0.419 e. The standard InChI is InChI=1S/C16H18FNO2/c1-2-20-16(19)18-11-9-13(10-12-18)7-8-14-5-3-4-6-15(14)17/h2-8,13H,1,9-12H2/b8-7+. The van der Waals surface area contributed by atoms with E-state index in [-0.39, 0.29) is 11.9 Å². The van der Waals surface area contributed by atoms with Crippen molar-refractivity contribution >= 4 is 12.2 Å². The van der Waals surface area contributed by atoms with Gasteiger partial charge in [0, 0.05) is 18.7 Å². The summed E-state index contributed by atoms with van der Waals surface area (Å²) in [7, 11) is 0. The third kappa shape index (κ3) is 3.70. The van der Waals surface area contributed by atoms with E-state index in [1.807, 2.05) is 18.2 Å². The molecule has 2 rings (SSSR count). The van der Waals surface area contributed by atoms with E-state index >= 15 is 0 Å². The van der Waals surface area contributed by atoms with Gasteiger partial charge in [0.2, 0.25) is 0 Å². The second-order valence-corrected chi connectivity index (χ2v) is 4.76. The van der Waals surface area contributed by atoms with Crippen LogP contribution in [0, 0.1) is 11.7 Å². The van der Waals surface area contributed by atoms with E-state index in [9.17, 15) is 9.18 Å². The van der Waals surface area contributed by atoms with Crippen LogP contribution in [0.15, 0.2) is 43.2 Å². The molecule has 1 amide bonds. The van der Waals surface area contributed by atoms with Crippen molar-refractivity contribution in [2.24, 2.45) is 5.92 Å². The van der Waals surface area contributed by atoms with E-state index in [1.165, 1.54) is 6.07 Å². The first kappa shape index (κ1) is 14.3. The fourth-order valence-corrected chi connectivity index (χ4v) is 2.27. The van der Waals surface area contributed by atoms with Gasteiger partial charge in [0.15, 0.2) is 0 Å². The number of halogens is 1. The zero-order chi connectivity index (χ0) is 14.4. The Morgan fingerprint density at radius 2 is 2.05 bits per heavy atom. The molecule has 1 saturated heterocycles. The number of rotatable bonds is 3. The third-order valence-corrected chi connectivity index (χ3v) is 3.44. The van der Waals surface area contributed by atoms with Gasteiger partial charge in [0.1, 0.15) is 5.82 Å². The lowest BCUT2D eigenvalue weighted by atomic mass is 9.96.